The summed E-state index contributed by atoms with van der Waals surface area (Å²) in [6, 6.07) is 0. The van der Waals surface area contributed by atoms with Crippen LogP contribution >= 0.6 is 0 Å². The Morgan fingerprint density at radius 2 is 2.15 bits per heavy atom. The van der Waals surface area contributed by atoms with Gasteiger partial charge < -0.3 is 14.0 Å². The van der Waals surface area contributed by atoms with E-state index in [1.165, 1.54) is 18.3 Å². The van der Waals surface area contributed by atoms with E-state index in [1.54, 1.807) is 6.92 Å². The van der Waals surface area contributed by atoms with E-state index in [4.69, 9.17) is 9.26 Å². The van der Waals surface area contributed by atoms with E-state index in [-0.39, 0.29) is 30.4 Å². The highest BCUT2D eigenvalue weighted by Crippen LogP contribution is 2.24. The van der Waals surface area contributed by atoms with E-state index in [1.807, 2.05) is 0 Å². The average molecular weight is 304 g/mol. The van der Waals surface area contributed by atoms with Gasteiger partial charge in [-0.05, 0) is 13.8 Å². The lowest BCUT2D eigenvalue weighted by atomic mass is 10.3. The van der Waals surface area contributed by atoms with Crippen LogP contribution in [0.3, 0.4) is 0 Å². The highest BCUT2D eigenvalue weighted by molar-refractivity contribution is 7.89. The Morgan fingerprint density at radius 3 is 2.70 bits per heavy atom. The van der Waals surface area contributed by atoms with Crippen molar-refractivity contribution in [2.45, 2.75) is 24.8 Å². The van der Waals surface area contributed by atoms with Crippen molar-refractivity contribution in [3.05, 3.63) is 11.5 Å². The van der Waals surface area contributed by atoms with Crippen LogP contribution in [0.25, 0.3) is 0 Å². The van der Waals surface area contributed by atoms with Crippen LogP contribution in [0.5, 0.6) is 0 Å². The maximum Gasteiger partial charge on any atom is 0.336 e. The number of hydrogen-bond donors (Lipinski definition) is 0. The molecule has 8 nitrogen and oxygen atoms in total. The standard InChI is InChI=1S/C11H16N2O6S/c1-7-10(8(2)19-12-7)20(15,16)13-4-5-18-9(6-13)11(14)17-3/h9H,4-6H2,1-3H3. The number of carbonyl (C=O) groups is 1. The van der Waals surface area contributed by atoms with E-state index in [2.05, 4.69) is 9.89 Å². The van der Waals surface area contributed by atoms with Crippen LogP contribution < -0.4 is 0 Å². The molecule has 1 aliphatic rings. The molecule has 9 heteroatoms. The zero-order valence-corrected chi connectivity index (χ0v) is 12.3. The molecule has 1 aliphatic heterocycles. The van der Waals surface area contributed by atoms with Crippen molar-refractivity contribution in [1.82, 2.24) is 9.46 Å². The van der Waals surface area contributed by atoms with E-state index in [9.17, 15) is 13.2 Å². The molecule has 112 valence electrons. The molecule has 0 aliphatic carbocycles. The Bertz CT molecular complexity index is 589. The molecular formula is C11H16N2O6S. The van der Waals surface area contributed by atoms with Crippen LogP contribution in [0.2, 0.25) is 0 Å². The smallest absolute Gasteiger partial charge is 0.336 e. The second-order valence-electron chi connectivity index (χ2n) is 4.40. The van der Waals surface area contributed by atoms with Crippen molar-refractivity contribution in [2.75, 3.05) is 26.8 Å². The second kappa shape index (κ2) is 5.51. The van der Waals surface area contributed by atoms with Crippen LogP contribution in [0.1, 0.15) is 11.5 Å². The number of aryl methyl sites for hydroxylation is 2. The summed E-state index contributed by atoms with van der Waals surface area (Å²) in [4.78, 5) is 11.5. The SMILES string of the molecule is COC(=O)C1CN(S(=O)(=O)c2c(C)noc2C)CCO1. The van der Waals surface area contributed by atoms with Gasteiger partial charge in [-0.15, -0.1) is 0 Å². The molecular weight excluding hydrogens is 288 g/mol. The lowest BCUT2D eigenvalue weighted by Gasteiger charge is -2.30. The third-order valence-corrected chi connectivity index (χ3v) is 5.17. The molecule has 1 saturated heterocycles. The van der Waals surface area contributed by atoms with Gasteiger partial charge in [-0.2, -0.15) is 4.31 Å². The molecule has 20 heavy (non-hydrogen) atoms. The fraction of sp³-hybridized carbons (Fsp3) is 0.636. The van der Waals surface area contributed by atoms with Crippen LogP contribution in [0.4, 0.5) is 0 Å². The molecule has 0 radical (unpaired) electrons. The molecule has 0 spiro atoms. The summed E-state index contributed by atoms with van der Waals surface area (Å²) in [5, 5.41) is 3.64. The summed E-state index contributed by atoms with van der Waals surface area (Å²) >= 11 is 0. The van der Waals surface area contributed by atoms with Gasteiger partial charge in [-0.3, -0.25) is 0 Å². The van der Waals surface area contributed by atoms with E-state index >= 15 is 0 Å². The zero-order chi connectivity index (χ0) is 14.9. The molecule has 2 rings (SSSR count). The van der Waals surface area contributed by atoms with Crippen LogP contribution in [0, 0.1) is 13.8 Å². The fourth-order valence-corrected chi connectivity index (χ4v) is 3.81. The Kier molecular flexibility index (Phi) is 4.11. The number of aromatic nitrogens is 1. The minimum atomic E-state index is -3.77. The van der Waals surface area contributed by atoms with E-state index < -0.39 is 22.1 Å². The minimum Gasteiger partial charge on any atom is -0.467 e. The summed E-state index contributed by atoms with van der Waals surface area (Å²) in [6.45, 7) is 3.30. The topological polar surface area (TPSA) is 98.9 Å². The fourth-order valence-electron chi connectivity index (χ4n) is 2.09. The number of esters is 1. The first-order chi connectivity index (χ1) is 9.37. The molecule has 1 fully saturated rings. The van der Waals surface area contributed by atoms with Crippen molar-refractivity contribution in [3.63, 3.8) is 0 Å². The van der Waals surface area contributed by atoms with Crippen LogP contribution in [-0.4, -0.2) is 56.8 Å². The lowest BCUT2D eigenvalue weighted by Crippen LogP contribution is -2.48. The van der Waals surface area contributed by atoms with Gasteiger partial charge in [0.15, 0.2) is 11.9 Å². The van der Waals surface area contributed by atoms with Crippen molar-refractivity contribution in [1.29, 1.82) is 0 Å². The summed E-state index contributed by atoms with van der Waals surface area (Å²) in [5.74, 6) is -0.368. The van der Waals surface area contributed by atoms with Crippen molar-refractivity contribution >= 4 is 16.0 Å². The van der Waals surface area contributed by atoms with Crippen molar-refractivity contribution < 1.29 is 27.2 Å². The number of carbonyl (C=O) groups excluding carboxylic acids is 1. The van der Waals surface area contributed by atoms with Gasteiger partial charge in [-0.25, -0.2) is 13.2 Å². The summed E-state index contributed by atoms with van der Waals surface area (Å²) in [6.07, 6.45) is -0.913. The van der Waals surface area contributed by atoms with Gasteiger partial charge in [0.25, 0.3) is 0 Å². The summed E-state index contributed by atoms with van der Waals surface area (Å²) in [5.41, 5.74) is 0.295. The number of morpholine rings is 1. The maximum atomic E-state index is 12.6. The van der Waals surface area contributed by atoms with Gasteiger partial charge in [0, 0.05) is 6.54 Å². The number of methoxy groups -OCH3 is 1. The predicted molar refractivity (Wildman–Crippen MR) is 66.5 cm³/mol. The molecule has 0 saturated carbocycles. The number of rotatable bonds is 3. The third-order valence-electron chi connectivity index (χ3n) is 3.06. The summed E-state index contributed by atoms with van der Waals surface area (Å²) < 4.78 is 41.0. The Balaban J connectivity index is 2.28. The normalized spacial score (nSPS) is 20.9. The number of sulfonamides is 1. The first-order valence-corrected chi connectivity index (χ1v) is 7.44. The molecule has 0 aromatic carbocycles. The quantitative estimate of drug-likeness (QED) is 0.716. The molecule has 0 N–H and O–H groups in total. The maximum absolute atomic E-state index is 12.6. The molecule has 1 aromatic rings. The third kappa shape index (κ3) is 2.56. The molecule has 0 amide bonds. The van der Waals surface area contributed by atoms with Crippen molar-refractivity contribution in [3.8, 4) is 0 Å². The number of ether oxygens (including phenoxy) is 2. The van der Waals surface area contributed by atoms with Gasteiger partial charge in [-0.1, -0.05) is 5.16 Å². The van der Waals surface area contributed by atoms with Gasteiger partial charge in [0.05, 0.1) is 20.3 Å². The van der Waals surface area contributed by atoms with Crippen molar-refractivity contribution in [2.24, 2.45) is 0 Å². The predicted octanol–water partition coefficient (Wildman–Crippen LogP) is -0.146. The largest absolute Gasteiger partial charge is 0.467 e. The van der Waals surface area contributed by atoms with Gasteiger partial charge in [0.2, 0.25) is 10.0 Å². The number of nitrogens with zero attached hydrogens (tertiary/aromatic N) is 2. The highest BCUT2D eigenvalue weighted by Gasteiger charge is 2.37. The number of hydrogen-bond acceptors (Lipinski definition) is 7. The Hall–Kier alpha value is -1.45. The van der Waals surface area contributed by atoms with Gasteiger partial charge >= 0.3 is 5.97 Å². The Labute approximate surface area is 116 Å². The molecule has 0 bridgehead atoms. The first kappa shape index (κ1) is 14.9. The van der Waals surface area contributed by atoms with E-state index in [0.717, 1.165) is 0 Å². The Morgan fingerprint density at radius 1 is 1.45 bits per heavy atom. The zero-order valence-electron chi connectivity index (χ0n) is 11.5. The first-order valence-electron chi connectivity index (χ1n) is 6.00. The molecule has 2 heterocycles. The average Bonchev–Trinajstić information content (AvgIpc) is 2.78. The minimum absolute atomic E-state index is 0.0445. The summed E-state index contributed by atoms with van der Waals surface area (Å²) in [7, 11) is -2.54. The molecule has 1 aromatic heterocycles. The lowest BCUT2D eigenvalue weighted by molar-refractivity contribution is -0.157. The van der Waals surface area contributed by atoms with Crippen LogP contribution in [-0.2, 0) is 24.3 Å². The molecule has 1 atom stereocenters. The van der Waals surface area contributed by atoms with E-state index in [0.29, 0.717) is 5.69 Å². The van der Waals surface area contributed by atoms with Crippen LogP contribution in [0.15, 0.2) is 9.42 Å². The molecule has 1 unspecified atom stereocenters. The highest BCUT2D eigenvalue weighted by atomic mass is 32.2. The monoisotopic (exact) mass is 304 g/mol. The van der Waals surface area contributed by atoms with Gasteiger partial charge in [0.1, 0.15) is 10.6 Å². The second-order valence-corrected chi connectivity index (χ2v) is 6.27.